The molecule has 0 fully saturated rings. The van der Waals surface area contributed by atoms with E-state index in [9.17, 15) is 0 Å². The van der Waals surface area contributed by atoms with Crippen molar-refractivity contribution < 1.29 is 0 Å². The second-order valence-corrected chi connectivity index (χ2v) is 6.28. The quantitative estimate of drug-likeness (QED) is 0.843. The third kappa shape index (κ3) is 4.03. The van der Waals surface area contributed by atoms with Gasteiger partial charge in [0.2, 0.25) is 0 Å². The van der Waals surface area contributed by atoms with E-state index in [1.54, 1.807) is 30.4 Å². The lowest BCUT2D eigenvalue weighted by Crippen LogP contribution is -2.25. The van der Waals surface area contributed by atoms with Crippen LogP contribution >= 0.6 is 27.7 Å². The first kappa shape index (κ1) is 14.5. The summed E-state index contributed by atoms with van der Waals surface area (Å²) in [5.74, 6) is 0. The first-order valence-corrected chi connectivity index (χ1v) is 7.81. The Labute approximate surface area is 126 Å². The Morgan fingerprint density at radius 3 is 2.58 bits per heavy atom. The Kier molecular flexibility index (Phi) is 5.36. The molecule has 0 spiro atoms. The molecule has 0 saturated heterocycles. The highest BCUT2D eigenvalue weighted by atomic mass is 79.9. The number of halogens is 1. The van der Waals surface area contributed by atoms with Gasteiger partial charge in [-0.3, -0.25) is 4.98 Å². The van der Waals surface area contributed by atoms with E-state index in [0.717, 1.165) is 15.9 Å². The molecule has 3 nitrogen and oxygen atoms in total. The molecule has 2 atom stereocenters. The topological polar surface area (TPSA) is 51.8 Å². The fourth-order valence-corrected chi connectivity index (χ4v) is 3.17. The molecule has 0 aliphatic heterocycles. The maximum atomic E-state index is 6.25. The van der Waals surface area contributed by atoms with Crippen molar-refractivity contribution in [2.75, 3.05) is 0 Å². The van der Waals surface area contributed by atoms with Crippen molar-refractivity contribution in [3.63, 3.8) is 0 Å². The summed E-state index contributed by atoms with van der Waals surface area (Å²) in [4.78, 5) is 8.41. The van der Waals surface area contributed by atoms with Crippen molar-refractivity contribution in [3.05, 3.63) is 52.9 Å². The van der Waals surface area contributed by atoms with E-state index in [-0.39, 0.29) is 11.3 Å². The highest BCUT2D eigenvalue weighted by molar-refractivity contribution is 9.10. The van der Waals surface area contributed by atoms with Gasteiger partial charge in [0.1, 0.15) is 5.03 Å². The fraction of sp³-hybridized carbons (Fsp3) is 0.286. The van der Waals surface area contributed by atoms with Gasteiger partial charge < -0.3 is 5.73 Å². The Balaban J connectivity index is 2.23. The number of aromatic nitrogens is 2. The standard InChI is InChI=1S/C14H16BrN3S/c1-2-12(16)14(10-3-5-11(15)6-4-10)19-13-9-17-7-8-18-13/h3-9,12,14H,2,16H2,1H3. The van der Waals surface area contributed by atoms with Crippen LogP contribution in [0.4, 0.5) is 0 Å². The number of nitrogens with two attached hydrogens (primary N) is 1. The Bertz CT molecular complexity index is 504. The van der Waals surface area contributed by atoms with Gasteiger partial charge in [0.25, 0.3) is 0 Å². The van der Waals surface area contributed by atoms with Crippen LogP contribution in [0, 0.1) is 0 Å². The summed E-state index contributed by atoms with van der Waals surface area (Å²) < 4.78 is 1.07. The van der Waals surface area contributed by atoms with Gasteiger partial charge in [-0.15, -0.1) is 0 Å². The van der Waals surface area contributed by atoms with Crippen LogP contribution in [0.2, 0.25) is 0 Å². The first-order valence-electron chi connectivity index (χ1n) is 6.14. The molecule has 19 heavy (non-hydrogen) atoms. The van der Waals surface area contributed by atoms with Crippen molar-refractivity contribution in [1.29, 1.82) is 0 Å². The number of benzene rings is 1. The van der Waals surface area contributed by atoms with Crippen LogP contribution in [-0.2, 0) is 0 Å². The van der Waals surface area contributed by atoms with E-state index in [0.29, 0.717) is 0 Å². The number of hydrogen-bond acceptors (Lipinski definition) is 4. The minimum Gasteiger partial charge on any atom is -0.326 e. The molecule has 1 heterocycles. The molecule has 5 heteroatoms. The minimum absolute atomic E-state index is 0.0909. The summed E-state index contributed by atoms with van der Waals surface area (Å²) in [5.41, 5.74) is 7.47. The second-order valence-electron chi connectivity index (χ2n) is 4.21. The van der Waals surface area contributed by atoms with E-state index in [1.165, 1.54) is 5.56 Å². The Hall–Kier alpha value is -0.910. The molecule has 0 aliphatic carbocycles. The van der Waals surface area contributed by atoms with E-state index in [2.05, 4.69) is 45.0 Å². The summed E-state index contributed by atoms with van der Waals surface area (Å²) in [5, 5.41) is 1.09. The number of nitrogens with zero attached hydrogens (tertiary/aromatic N) is 2. The molecule has 0 aliphatic rings. The van der Waals surface area contributed by atoms with Crippen LogP contribution in [-0.4, -0.2) is 16.0 Å². The molecule has 2 N–H and O–H groups in total. The minimum atomic E-state index is 0.0909. The molecule has 2 aromatic rings. The zero-order valence-electron chi connectivity index (χ0n) is 10.7. The molecule has 100 valence electrons. The number of hydrogen-bond donors (Lipinski definition) is 1. The average molecular weight is 338 g/mol. The molecule has 2 rings (SSSR count). The van der Waals surface area contributed by atoms with Crippen molar-refractivity contribution in [2.24, 2.45) is 5.73 Å². The van der Waals surface area contributed by atoms with E-state index in [4.69, 9.17) is 5.73 Å². The third-order valence-corrected chi connectivity index (χ3v) is 4.70. The molecule has 0 amide bonds. The SMILES string of the molecule is CCC(N)C(Sc1cnccn1)c1ccc(Br)cc1. The predicted molar refractivity (Wildman–Crippen MR) is 83.0 cm³/mol. The van der Waals surface area contributed by atoms with Crippen LogP contribution in [0.3, 0.4) is 0 Å². The van der Waals surface area contributed by atoms with E-state index in [1.807, 2.05) is 12.1 Å². The molecular formula is C14H16BrN3S. The van der Waals surface area contributed by atoms with Crippen LogP contribution < -0.4 is 5.73 Å². The van der Waals surface area contributed by atoms with Gasteiger partial charge in [0, 0.05) is 22.9 Å². The lowest BCUT2D eigenvalue weighted by Gasteiger charge is -2.22. The number of thioether (sulfide) groups is 1. The molecule has 0 saturated carbocycles. The second kappa shape index (κ2) is 7.03. The maximum Gasteiger partial charge on any atom is 0.115 e. The fourth-order valence-electron chi connectivity index (χ4n) is 1.75. The van der Waals surface area contributed by atoms with Crippen LogP contribution in [0.5, 0.6) is 0 Å². The smallest absolute Gasteiger partial charge is 0.115 e. The maximum absolute atomic E-state index is 6.25. The predicted octanol–water partition coefficient (Wildman–Crippen LogP) is 3.81. The first-order chi connectivity index (χ1) is 9.20. The van der Waals surface area contributed by atoms with Gasteiger partial charge in [-0.05, 0) is 24.1 Å². The zero-order chi connectivity index (χ0) is 13.7. The van der Waals surface area contributed by atoms with Crippen molar-refractivity contribution in [1.82, 2.24) is 9.97 Å². The van der Waals surface area contributed by atoms with Gasteiger partial charge in [-0.1, -0.05) is 46.7 Å². The van der Waals surface area contributed by atoms with Crippen molar-refractivity contribution in [3.8, 4) is 0 Å². The summed E-state index contributed by atoms with van der Waals surface area (Å²) >= 11 is 5.12. The molecular weight excluding hydrogens is 322 g/mol. The zero-order valence-corrected chi connectivity index (χ0v) is 13.1. The van der Waals surface area contributed by atoms with Crippen molar-refractivity contribution in [2.45, 2.75) is 29.7 Å². The van der Waals surface area contributed by atoms with Gasteiger partial charge >= 0.3 is 0 Å². The summed E-state index contributed by atoms with van der Waals surface area (Å²) in [6, 6.07) is 8.39. The van der Waals surface area contributed by atoms with Gasteiger partial charge in [-0.2, -0.15) is 0 Å². The Morgan fingerprint density at radius 1 is 1.26 bits per heavy atom. The number of rotatable bonds is 5. The molecule has 0 bridgehead atoms. The molecule has 1 aromatic heterocycles. The normalized spacial score (nSPS) is 14.1. The largest absolute Gasteiger partial charge is 0.326 e. The summed E-state index contributed by atoms with van der Waals surface area (Å²) in [7, 11) is 0. The van der Waals surface area contributed by atoms with E-state index >= 15 is 0 Å². The highest BCUT2D eigenvalue weighted by Gasteiger charge is 2.20. The summed E-state index contributed by atoms with van der Waals surface area (Å²) in [6.45, 7) is 2.10. The Morgan fingerprint density at radius 2 is 2.00 bits per heavy atom. The van der Waals surface area contributed by atoms with Crippen LogP contribution in [0.1, 0.15) is 24.2 Å². The van der Waals surface area contributed by atoms with Gasteiger partial charge in [0.05, 0.1) is 11.4 Å². The lowest BCUT2D eigenvalue weighted by molar-refractivity contribution is 0.633. The molecule has 2 unspecified atom stereocenters. The monoisotopic (exact) mass is 337 g/mol. The lowest BCUT2D eigenvalue weighted by atomic mass is 10.0. The highest BCUT2D eigenvalue weighted by Crippen LogP contribution is 2.37. The third-order valence-electron chi connectivity index (χ3n) is 2.85. The summed E-state index contributed by atoms with van der Waals surface area (Å²) in [6.07, 6.45) is 6.09. The van der Waals surface area contributed by atoms with Crippen LogP contribution in [0.15, 0.2) is 52.4 Å². The van der Waals surface area contributed by atoms with Crippen molar-refractivity contribution >= 4 is 27.7 Å². The van der Waals surface area contributed by atoms with E-state index < -0.39 is 0 Å². The van der Waals surface area contributed by atoms with Gasteiger partial charge in [0.15, 0.2) is 0 Å². The average Bonchev–Trinajstić information content (AvgIpc) is 2.46. The van der Waals surface area contributed by atoms with Gasteiger partial charge in [-0.25, -0.2) is 4.98 Å². The molecule has 0 radical (unpaired) electrons. The van der Waals surface area contributed by atoms with Crippen LogP contribution in [0.25, 0.3) is 0 Å². The molecule has 1 aromatic carbocycles.